The van der Waals surface area contributed by atoms with Crippen LogP contribution < -0.4 is 10.1 Å². The van der Waals surface area contributed by atoms with Crippen LogP contribution in [0.5, 0.6) is 5.75 Å². The Bertz CT molecular complexity index is 668. The van der Waals surface area contributed by atoms with Crippen LogP contribution in [0.2, 0.25) is 0 Å². The molecule has 1 aliphatic rings. The summed E-state index contributed by atoms with van der Waals surface area (Å²) in [7, 11) is 4.15. The van der Waals surface area contributed by atoms with Crippen LogP contribution in [-0.4, -0.2) is 61.6 Å². The lowest BCUT2D eigenvalue weighted by molar-refractivity contribution is 0.00949. The Hall–Kier alpha value is -1.89. The highest BCUT2D eigenvalue weighted by atomic mass is 16.5. The van der Waals surface area contributed by atoms with Crippen molar-refractivity contribution in [3.8, 4) is 5.75 Å². The van der Waals surface area contributed by atoms with Gasteiger partial charge >= 0.3 is 0 Å². The zero-order chi connectivity index (χ0) is 19.6. The van der Waals surface area contributed by atoms with Crippen molar-refractivity contribution in [1.82, 2.24) is 20.4 Å². The molecule has 0 amide bonds. The number of nitrogens with zero attached hydrogens (tertiary/aromatic N) is 2. The molecule has 1 aliphatic carbocycles. The maximum atomic E-state index is 6.04. The minimum absolute atomic E-state index is 0.344. The highest BCUT2D eigenvalue weighted by Gasteiger charge is 2.26. The van der Waals surface area contributed by atoms with E-state index in [0.29, 0.717) is 25.2 Å². The topological polar surface area (TPSA) is 62.4 Å². The van der Waals surface area contributed by atoms with Gasteiger partial charge in [-0.15, -0.1) is 0 Å². The number of nitrogens with one attached hydrogen (secondary N) is 2. The number of hydrogen-bond acceptors (Lipinski definition) is 5. The molecule has 0 unspecified atom stereocenters. The van der Waals surface area contributed by atoms with Gasteiger partial charge in [0.15, 0.2) is 0 Å². The zero-order valence-corrected chi connectivity index (χ0v) is 17.2. The quantitative estimate of drug-likeness (QED) is 0.581. The van der Waals surface area contributed by atoms with Crippen molar-refractivity contribution in [3.05, 3.63) is 47.8 Å². The minimum atomic E-state index is 0.344. The molecule has 0 bridgehead atoms. The van der Waals surface area contributed by atoms with Gasteiger partial charge in [0.1, 0.15) is 12.4 Å². The average molecular weight is 387 g/mol. The fourth-order valence-corrected chi connectivity index (χ4v) is 3.87. The molecule has 1 heterocycles. The number of rotatable bonds is 11. The first-order valence-corrected chi connectivity index (χ1v) is 10.4. The summed E-state index contributed by atoms with van der Waals surface area (Å²) in [6.45, 7) is 4.23. The fraction of sp³-hybridized carbons (Fsp3) is 0.591. The molecule has 2 aromatic rings. The minimum Gasteiger partial charge on any atom is -0.491 e. The number of likely N-dealkylation sites (N-methyl/N-ethyl adjacent to an activating group) is 2. The molecular formula is C22H34N4O2. The molecule has 1 aromatic carbocycles. The van der Waals surface area contributed by atoms with E-state index in [1.54, 1.807) is 0 Å². The summed E-state index contributed by atoms with van der Waals surface area (Å²) in [5, 5.41) is 10.9. The van der Waals surface area contributed by atoms with Gasteiger partial charge in [-0.25, -0.2) is 0 Å². The predicted molar refractivity (Wildman–Crippen MR) is 112 cm³/mol. The van der Waals surface area contributed by atoms with Crippen molar-refractivity contribution in [1.29, 1.82) is 0 Å². The molecule has 1 fully saturated rings. The van der Waals surface area contributed by atoms with Crippen LogP contribution in [0.3, 0.4) is 0 Å². The first-order chi connectivity index (χ1) is 13.8. The van der Waals surface area contributed by atoms with E-state index in [1.807, 2.05) is 37.4 Å². The normalized spacial score (nSPS) is 19.8. The van der Waals surface area contributed by atoms with Gasteiger partial charge in [0.05, 0.1) is 18.4 Å². The van der Waals surface area contributed by atoms with E-state index in [2.05, 4.69) is 33.7 Å². The summed E-state index contributed by atoms with van der Waals surface area (Å²) < 4.78 is 11.8. The lowest BCUT2D eigenvalue weighted by Crippen LogP contribution is -2.27. The number of para-hydroxylation sites is 1. The number of ether oxygens (including phenoxy) is 2. The molecule has 0 atom stereocenters. The highest BCUT2D eigenvalue weighted by Crippen LogP contribution is 2.34. The second-order valence-corrected chi connectivity index (χ2v) is 7.64. The summed E-state index contributed by atoms with van der Waals surface area (Å²) in [6, 6.07) is 9.91. The van der Waals surface area contributed by atoms with Gasteiger partial charge in [0.2, 0.25) is 0 Å². The molecule has 3 rings (SSSR count). The van der Waals surface area contributed by atoms with Gasteiger partial charge in [-0.05, 0) is 51.9 Å². The SMILES string of the molecule is CNCCN(C)Cc1c[nH]nc1[C@H]1CC[C@H](OCCOc2ccccc2)CC1. The second kappa shape index (κ2) is 11.2. The Balaban J connectivity index is 1.38. The Labute approximate surface area is 168 Å². The maximum Gasteiger partial charge on any atom is 0.119 e. The highest BCUT2D eigenvalue weighted by molar-refractivity contribution is 5.21. The summed E-state index contributed by atoms with van der Waals surface area (Å²) >= 11 is 0. The lowest BCUT2D eigenvalue weighted by atomic mass is 9.84. The van der Waals surface area contributed by atoms with Crippen LogP contribution in [0.4, 0.5) is 0 Å². The van der Waals surface area contributed by atoms with E-state index < -0.39 is 0 Å². The van der Waals surface area contributed by atoms with E-state index >= 15 is 0 Å². The Kier molecular flexibility index (Phi) is 8.33. The van der Waals surface area contributed by atoms with Crippen molar-refractivity contribution in [2.75, 3.05) is 40.4 Å². The Morgan fingerprint density at radius 1 is 1.14 bits per heavy atom. The van der Waals surface area contributed by atoms with Crippen molar-refractivity contribution >= 4 is 0 Å². The number of aromatic amines is 1. The molecule has 28 heavy (non-hydrogen) atoms. The van der Waals surface area contributed by atoms with Crippen molar-refractivity contribution in [3.63, 3.8) is 0 Å². The zero-order valence-electron chi connectivity index (χ0n) is 17.2. The fourth-order valence-electron chi connectivity index (χ4n) is 3.87. The Morgan fingerprint density at radius 3 is 2.68 bits per heavy atom. The molecule has 0 aliphatic heterocycles. The van der Waals surface area contributed by atoms with Crippen molar-refractivity contribution in [2.24, 2.45) is 0 Å². The summed E-state index contributed by atoms with van der Waals surface area (Å²) in [5.74, 6) is 1.44. The van der Waals surface area contributed by atoms with E-state index in [0.717, 1.165) is 51.1 Å². The lowest BCUT2D eigenvalue weighted by Gasteiger charge is -2.28. The number of hydrogen-bond donors (Lipinski definition) is 2. The summed E-state index contributed by atoms with van der Waals surface area (Å²) in [6.07, 6.45) is 6.88. The molecule has 1 aromatic heterocycles. The largest absolute Gasteiger partial charge is 0.491 e. The Morgan fingerprint density at radius 2 is 1.93 bits per heavy atom. The maximum absolute atomic E-state index is 6.04. The third kappa shape index (κ3) is 6.33. The molecular weight excluding hydrogens is 352 g/mol. The van der Waals surface area contributed by atoms with Gasteiger partial charge in [-0.2, -0.15) is 5.10 Å². The van der Waals surface area contributed by atoms with Crippen LogP contribution in [0.25, 0.3) is 0 Å². The van der Waals surface area contributed by atoms with E-state index in [-0.39, 0.29) is 0 Å². The molecule has 154 valence electrons. The standard InChI is InChI=1S/C22H34N4O2/c1-23-12-13-26(2)17-19-16-24-25-22(19)18-8-10-21(11-9-18)28-15-14-27-20-6-4-3-5-7-20/h3-7,16,18,21,23H,8-15,17H2,1-2H3,(H,24,25)/t18-,21-. The van der Waals surface area contributed by atoms with E-state index in [9.17, 15) is 0 Å². The van der Waals surface area contributed by atoms with Crippen LogP contribution in [0, 0.1) is 0 Å². The van der Waals surface area contributed by atoms with Gasteiger partial charge in [0, 0.05) is 37.3 Å². The first kappa shape index (κ1) is 20.8. The van der Waals surface area contributed by atoms with E-state index in [1.165, 1.54) is 11.3 Å². The molecule has 0 spiro atoms. The summed E-state index contributed by atoms with van der Waals surface area (Å²) in [4.78, 5) is 2.34. The van der Waals surface area contributed by atoms with Gasteiger partial charge < -0.3 is 19.7 Å². The monoisotopic (exact) mass is 386 g/mol. The number of aromatic nitrogens is 2. The van der Waals surface area contributed by atoms with Crippen molar-refractivity contribution < 1.29 is 9.47 Å². The second-order valence-electron chi connectivity index (χ2n) is 7.64. The predicted octanol–water partition coefficient (Wildman–Crippen LogP) is 3.18. The smallest absolute Gasteiger partial charge is 0.119 e. The molecule has 1 saturated carbocycles. The number of benzene rings is 1. The average Bonchev–Trinajstić information content (AvgIpc) is 3.19. The van der Waals surface area contributed by atoms with E-state index in [4.69, 9.17) is 9.47 Å². The molecule has 6 heteroatoms. The first-order valence-electron chi connectivity index (χ1n) is 10.4. The van der Waals surface area contributed by atoms with Gasteiger partial charge in [0.25, 0.3) is 0 Å². The van der Waals surface area contributed by atoms with Crippen molar-refractivity contribution in [2.45, 2.75) is 44.2 Å². The van der Waals surface area contributed by atoms with Crippen LogP contribution >= 0.6 is 0 Å². The molecule has 2 N–H and O–H groups in total. The molecule has 0 radical (unpaired) electrons. The third-order valence-electron chi connectivity index (χ3n) is 5.45. The summed E-state index contributed by atoms with van der Waals surface area (Å²) in [5.41, 5.74) is 2.58. The molecule has 6 nitrogen and oxygen atoms in total. The van der Waals surface area contributed by atoms with Crippen LogP contribution in [-0.2, 0) is 11.3 Å². The van der Waals surface area contributed by atoms with Gasteiger partial charge in [-0.1, -0.05) is 18.2 Å². The molecule has 0 saturated heterocycles. The van der Waals surface area contributed by atoms with Crippen LogP contribution in [0.15, 0.2) is 36.5 Å². The third-order valence-corrected chi connectivity index (χ3v) is 5.45. The van der Waals surface area contributed by atoms with Gasteiger partial charge in [-0.3, -0.25) is 5.10 Å². The number of H-pyrrole nitrogens is 1. The van der Waals surface area contributed by atoms with Crippen LogP contribution in [0.1, 0.15) is 42.9 Å².